The largest absolute Gasteiger partial charge is 0.197 e. The maximum Gasteiger partial charge on any atom is 0.0991 e. The molecule has 1 saturated carbocycles. The summed E-state index contributed by atoms with van der Waals surface area (Å²) in [4.78, 5) is 0. The van der Waals surface area contributed by atoms with Crippen LogP contribution in [0.1, 0.15) is 29.5 Å². The minimum absolute atomic E-state index is 0.281. The second kappa shape index (κ2) is 2.86. The van der Waals surface area contributed by atoms with Crippen LogP contribution in [0, 0.1) is 29.6 Å². The first kappa shape index (κ1) is 8.78. The van der Waals surface area contributed by atoms with Gasteiger partial charge in [0.25, 0.3) is 0 Å². The fourth-order valence-electron chi connectivity index (χ4n) is 1.77. The summed E-state index contributed by atoms with van der Waals surface area (Å²) in [6, 6.07) is 10.0. The Balaban J connectivity index is 2.54. The van der Waals surface area contributed by atoms with Crippen LogP contribution in [-0.2, 0) is 5.41 Å². The van der Waals surface area contributed by atoms with E-state index in [1.807, 2.05) is 19.1 Å². The van der Waals surface area contributed by atoms with Gasteiger partial charge >= 0.3 is 0 Å². The van der Waals surface area contributed by atoms with Crippen molar-refractivity contribution in [3.8, 4) is 12.1 Å². The molecule has 0 N–H and O–H groups in total. The Hall–Kier alpha value is -1.80. The summed E-state index contributed by atoms with van der Waals surface area (Å²) in [5.41, 5.74) is 2.52. The molecule has 68 valence electrons. The number of aryl methyl sites for hydroxylation is 1. The van der Waals surface area contributed by atoms with Crippen LogP contribution in [0.5, 0.6) is 0 Å². The van der Waals surface area contributed by atoms with Gasteiger partial charge in [0.1, 0.15) is 0 Å². The highest BCUT2D eigenvalue weighted by Gasteiger charge is 2.45. The molecule has 0 aromatic heterocycles. The lowest BCUT2D eigenvalue weighted by Crippen LogP contribution is -2.05. The molecule has 0 amide bonds. The third-order valence-corrected chi connectivity index (χ3v) is 2.85. The molecule has 0 saturated heterocycles. The second-order valence-electron chi connectivity index (χ2n) is 3.84. The summed E-state index contributed by atoms with van der Waals surface area (Å²) < 4.78 is 0. The molecule has 1 fully saturated rings. The smallest absolute Gasteiger partial charge is 0.0991 e. The van der Waals surface area contributed by atoms with Crippen molar-refractivity contribution in [2.75, 3.05) is 0 Å². The highest BCUT2D eigenvalue weighted by Crippen LogP contribution is 2.48. The first-order valence-corrected chi connectivity index (χ1v) is 4.64. The summed E-state index contributed by atoms with van der Waals surface area (Å²) in [5, 5.41) is 17.8. The third-order valence-electron chi connectivity index (χ3n) is 2.85. The molecule has 1 aromatic carbocycles. The van der Waals surface area contributed by atoms with E-state index in [4.69, 9.17) is 10.5 Å². The number of hydrogen-bond donors (Lipinski definition) is 0. The molecule has 0 bridgehead atoms. The predicted molar refractivity (Wildman–Crippen MR) is 52.4 cm³/mol. The molecular weight excluding hydrogens is 172 g/mol. The minimum atomic E-state index is -0.281. The molecule has 1 aliphatic rings. The number of hydrogen-bond acceptors (Lipinski definition) is 2. The Kier molecular flexibility index (Phi) is 1.79. The molecule has 1 aromatic rings. The van der Waals surface area contributed by atoms with Crippen LogP contribution in [-0.4, -0.2) is 0 Å². The van der Waals surface area contributed by atoms with Crippen LogP contribution in [0.2, 0.25) is 0 Å². The predicted octanol–water partition coefficient (Wildman–Crippen LogP) is 2.42. The van der Waals surface area contributed by atoms with Gasteiger partial charge in [-0.05, 0) is 43.0 Å². The summed E-state index contributed by atoms with van der Waals surface area (Å²) in [7, 11) is 0. The molecule has 1 aliphatic carbocycles. The average molecular weight is 182 g/mol. The monoisotopic (exact) mass is 182 g/mol. The van der Waals surface area contributed by atoms with E-state index in [-0.39, 0.29) is 5.41 Å². The molecule has 14 heavy (non-hydrogen) atoms. The topological polar surface area (TPSA) is 47.6 Å². The van der Waals surface area contributed by atoms with Crippen molar-refractivity contribution in [2.24, 2.45) is 0 Å². The van der Waals surface area contributed by atoms with Crippen LogP contribution in [0.4, 0.5) is 0 Å². The standard InChI is InChI=1S/C12H10N2/c1-9-2-3-10(7-13)6-11(9)12(8-14)4-5-12/h2-3,6H,4-5H2,1H3. The van der Waals surface area contributed by atoms with Crippen molar-refractivity contribution in [2.45, 2.75) is 25.2 Å². The Bertz CT molecular complexity index is 456. The first-order chi connectivity index (χ1) is 6.72. The number of rotatable bonds is 1. The third kappa shape index (κ3) is 1.17. The van der Waals surface area contributed by atoms with Crippen LogP contribution in [0.3, 0.4) is 0 Å². The van der Waals surface area contributed by atoms with Gasteiger partial charge in [-0.25, -0.2) is 0 Å². The van der Waals surface area contributed by atoms with E-state index < -0.39 is 0 Å². The van der Waals surface area contributed by atoms with Crippen LogP contribution < -0.4 is 0 Å². The van der Waals surface area contributed by atoms with E-state index in [2.05, 4.69) is 12.1 Å². The van der Waals surface area contributed by atoms with Gasteiger partial charge in [0.15, 0.2) is 0 Å². The Morgan fingerprint density at radius 1 is 1.29 bits per heavy atom. The zero-order valence-electron chi connectivity index (χ0n) is 8.04. The highest BCUT2D eigenvalue weighted by atomic mass is 14.5. The van der Waals surface area contributed by atoms with Crippen LogP contribution in [0.25, 0.3) is 0 Å². The van der Waals surface area contributed by atoms with Crippen molar-refractivity contribution in [1.29, 1.82) is 10.5 Å². The summed E-state index contributed by atoms with van der Waals surface area (Å²) in [6.07, 6.45) is 1.86. The van der Waals surface area contributed by atoms with E-state index in [0.29, 0.717) is 5.56 Å². The lowest BCUT2D eigenvalue weighted by atomic mass is 9.92. The molecule has 2 heteroatoms. The molecule has 0 heterocycles. The van der Waals surface area contributed by atoms with Gasteiger partial charge in [-0.2, -0.15) is 10.5 Å². The maximum absolute atomic E-state index is 9.07. The molecular formula is C12H10N2. The highest BCUT2D eigenvalue weighted by molar-refractivity contribution is 5.48. The molecule has 0 aliphatic heterocycles. The van der Waals surface area contributed by atoms with E-state index in [1.165, 1.54) is 0 Å². The lowest BCUT2D eigenvalue weighted by molar-refractivity contribution is 0.894. The molecule has 2 rings (SSSR count). The van der Waals surface area contributed by atoms with E-state index in [9.17, 15) is 0 Å². The van der Waals surface area contributed by atoms with Crippen molar-refractivity contribution in [3.63, 3.8) is 0 Å². The molecule has 0 radical (unpaired) electrons. The fraction of sp³-hybridized carbons (Fsp3) is 0.333. The molecule has 0 unspecified atom stereocenters. The normalized spacial score (nSPS) is 16.8. The van der Waals surface area contributed by atoms with Crippen LogP contribution in [0.15, 0.2) is 18.2 Å². The van der Waals surface area contributed by atoms with Crippen molar-refractivity contribution >= 4 is 0 Å². The van der Waals surface area contributed by atoms with Gasteiger partial charge in [-0.1, -0.05) is 6.07 Å². The lowest BCUT2D eigenvalue weighted by Gasteiger charge is -2.09. The number of nitriles is 2. The number of nitrogens with zero attached hydrogens (tertiary/aromatic N) is 2. The Morgan fingerprint density at radius 3 is 2.50 bits per heavy atom. The molecule has 0 spiro atoms. The van der Waals surface area contributed by atoms with Crippen molar-refractivity contribution in [1.82, 2.24) is 0 Å². The number of benzene rings is 1. The van der Waals surface area contributed by atoms with Crippen molar-refractivity contribution in [3.05, 3.63) is 34.9 Å². The second-order valence-corrected chi connectivity index (χ2v) is 3.84. The van der Waals surface area contributed by atoms with Gasteiger partial charge in [-0.3, -0.25) is 0 Å². The molecule has 2 nitrogen and oxygen atoms in total. The zero-order chi connectivity index (χ0) is 10.2. The Labute approximate surface area is 83.4 Å². The van der Waals surface area contributed by atoms with Gasteiger partial charge in [0.2, 0.25) is 0 Å². The molecule has 0 atom stereocenters. The summed E-state index contributed by atoms with van der Waals surface area (Å²) in [6.45, 7) is 1.99. The van der Waals surface area contributed by atoms with Crippen molar-refractivity contribution < 1.29 is 0 Å². The van der Waals surface area contributed by atoms with Gasteiger partial charge in [0.05, 0.1) is 23.1 Å². The quantitative estimate of drug-likeness (QED) is 0.669. The minimum Gasteiger partial charge on any atom is -0.197 e. The summed E-state index contributed by atoms with van der Waals surface area (Å²) in [5.74, 6) is 0. The zero-order valence-corrected chi connectivity index (χ0v) is 8.04. The van der Waals surface area contributed by atoms with Gasteiger partial charge < -0.3 is 0 Å². The fourth-order valence-corrected chi connectivity index (χ4v) is 1.77. The maximum atomic E-state index is 9.07. The van der Waals surface area contributed by atoms with E-state index in [0.717, 1.165) is 24.0 Å². The summed E-state index contributed by atoms with van der Waals surface area (Å²) >= 11 is 0. The van der Waals surface area contributed by atoms with Gasteiger partial charge in [0, 0.05) is 0 Å². The first-order valence-electron chi connectivity index (χ1n) is 4.64. The Morgan fingerprint density at radius 2 is 2.00 bits per heavy atom. The van der Waals surface area contributed by atoms with Crippen LogP contribution >= 0.6 is 0 Å². The SMILES string of the molecule is Cc1ccc(C#N)cc1C1(C#N)CC1. The average Bonchev–Trinajstić information content (AvgIpc) is 2.99. The van der Waals surface area contributed by atoms with E-state index >= 15 is 0 Å². The van der Waals surface area contributed by atoms with Gasteiger partial charge in [-0.15, -0.1) is 0 Å². The van der Waals surface area contributed by atoms with E-state index in [1.54, 1.807) is 6.07 Å².